The lowest BCUT2D eigenvalue weighted by molar-refractivity contribution is -0.121. The van der Waals surface area contributed by atoms with E-state index in [9.17, 15) is 9.59 Å². The fraction of sp³-hybridized carbons (Fsp3) is 0.619. The van der Waals surface area contributed by atoms with Gasteiger partial charge in [-0.25, -0.2) is 0 Å². The molecule has 0 radical (unpaired) electrons. The first-order valence-electron chi connectivity index (χ1n) is 10.7. The number of thioether (sulfide) groups is 1. The van der Waals surface area contributed by atoms with E-state index in [2.05, 4.69) is 32.7 Å². The second kappa shape index (κ2) is 9.78. The first-order chi connectivity index (χ1) is 14.7. The van der Waals surface area contributed by atoms with E-state index < -0.39 is 0 Å². The Morgan fingerprint density at radius 2 is 2.07 bits per heavy atom. The van der Waals surface area contributed by atoms with E-state index in [-0.39, 0.29) is 17.5 Å². The Hall–Kier alpha value is -2.13. The van der Waals surface area contributed by atoms with Crippen LogP contribution >= 0.6 is 11.8 Å². The zero-order valence-corrected chi connectivity index (χ0v) is 18.3. The predicted molar refractivity (Wildman–Crippen MR) is 118 cm³/mol. The van der Waals surface area contributed by atoms with Crippen LogP contribution in [-0.4, -0.2) is 68.3 Å². The van der Waals surface area contributed by atoms with Crippen molar-refractivity contribution in [2.75, 3.05) is 38.2 Å². The molecule has 0 spiro atoms. The molecule has 1 fully saturated rings. The maximum absolute atomic E-state index is 12.7. The van der Waals surface area contributed by atoms with Crippen LogP contribution in [0.4, 0.5) is 0 Å². The Morgan fingerprint density at radius 3 is 2.87 bits per heavy atom. The minimum Gasteiger partial charge on any atom is -0.354 e. The van der Waals surface area contributed by atoms with Crippen molar-refractivity contribution in [3.63, 3.8) is 0 Å². The Bertz CT molecular complexity index is 899. The van der Waals surface area contributed by atoms with Gasteiger partial charge in [0.25, 0.3) is 5.56 Å². The lowest BCUT2D eigenvalue weighted by Gasteiger charge is -2.47. The number of likely N-dealkylation sites (tertiary alicyclic amines) is 1. The summed E-state index contributed by atoms with van der Waals surface area (Å²) in [6.07, 6.45) is 8.01. The summed E-state index contributed by atoms with van der Waals surface area (Å²) >= 11 is 1.89. The largest absolute Gasteiger partial charge is 0.354 e. The molecule has 4 heterocycles. The molecule has 2 aromatic heterocycles. The highest BCUT2D eigenvalue weighted by atomic mass is 32.2. The van der Waals surface area contributed by atoms with Gasteiger partial charge in [-0.15, -0.1) is 10.2 Å². The standard InChI is InChI=1S/C21H30N6O2S/c1-30-9-3-7-25-12-16-10-17(13-25)19(27-18(16)4-2-5-21(27)29)11-22-20(28)6-8-26-14-23-24-15-26/h2,4-5,14-17,19H,3,6-13H2,1H3,(H,22,28)/t16-,17+,19+/m1/s1. The van der Waals surface area contributed by atoms with Gasteiger partial charge < -0.3 is 19.4 Å². The SMILES string of the molecule is CSCCCN1C[C@H]2C[C@@H](C1)[C@H](CNC(=O)CCn1cnnc1)n1c2cccc1=O. The maximum atomic E-state index is 12.7. The van der Waals surface area contributed by atoms with Gasteiger partial charge >= 0.3 is 0 Å². The quantitative estimate of drug-likeness (QED) is 0.605. The molecule has 1 N–H and O–H groups in total. The smallest absolute Gasteiger partial charge is 0.251 e. The summed E-state index contributed by atoms with van der Waals surface area (Å²) in [7, 11) is 0. The molecule has 4 rings (SSSR count). The summed E-state index contributed by atoms with van der Waals surface area (Å²) in [5.41, 5.74) is 1.17. The molecule has 0 aromatic carbocycles. The van der Waals surface area contributed by atoms with Gasteiger partial charge in [0, 0.05) is 50.3 Å². The van der Waals surface area contributed by atoms with E-state index in [1.165, 1.54) is 12.2 Å². The van der Waals surface area contributed by atoms with E-state index in [0.717, 1.165) is 31.7 Å². The van der Waals surface area contributed by atoms with Crippen molar-refractivity contribution in [2.45, 2.75) is 37.8 Å². The third kappa shape index (κ3) is 4.78. The van der Waals surface area contributed by atoms with Crippen LogP contribution in [0.5, 0.6) is 0 Å². The molecule has 2 aliphatic heterocycles. The zero-order chi connectivity index (χ0) is 20.9. The number of carbonyl (C=O) groups excluding carboxylic acids is 1. The van der Waals surface area contributed by atoms with E-state index >= 15 is 0 Å². The van der Waals surface area contributed by atoms with Crippen molar-refractivity contribution < 1.29 is 4.79 Å². The molecule has 0 saturated carbocycles. The molecule has 0 unspecified atom stereocenters. The van der Waals surface area contributed by atoms with Gasteiger partial charge in [0.2, 0.25) is 5.91 Å². The van der Waals surface area contributed by atoms with Crippen molar-refractivity contribution in [3.8, 4) is 0 Å². The fourth-order valence-electron chi connectivity index (χ4n) is 4.89. The number of nitrogens with zero attached hydrogens (tertiary/aromatic N) is 5. The Morgan fingerprint density at radius 1 is 1.23 bits per heavy atom. The second-order valence-corrected chi connectivity index (χ2v) is 9.26. The molecule has 30 heavy (non-hydrogen) atoms. The lowest BCUT2D eigenvalue weighted by Crippen LogP contribution is -2.52. The van der Waals surface area contributed by atoms with Crippen LogP contribution < -0.4 is 10.9 Å². The molecule has 2 bridgehead atoms. The molecule has 1 saturated heterocycles. The summed E-state index contributed by atoms with van der Waals surface area (Å²) in [5, 5.41) is 10.6. The monoisotopic (exact) mass is 430 g/mol. The van der Waals surface area contributed by atoms with Crippen LogP contribution in [0.1, 0.15) is 36.9 Å². The molecule has 9 heteroatoms. The van der Waals surface area contributed by atoms with Gasteiger partial charge in [0.15, 0.2) is 0 Å². The lowest BCUT2D eigenvalue weighted by atomic mass is 9.78. The number of aromatic nitrogens is 4. The molecule has 8 nitrogen and oxygen atoms in total. The number of hydrogen-bond acceptors (Lipinski definition) is 6. The number of fused-ring (bicyclic) bond motifs is 4. The van der Waals surface area contributed by atoms with Gasteiger partial charge in [0.1, 0.15) is 12.7 Å². The molecule has 2 aromatic rings. The van der Waals surface area contributed by atoms with Gasteiger partial charge in [-0.05, 0) is 43.4 Å². The molecule has 0 aliphatic carbocycles. The van der Waals surface area contributed by atoms with Gasteiger partial charge in [0.05, 0.1) is 6.04 Å². The second-order valence-electron chi connectivity index (χ2n) is 8.28. The van der Waals surface area contributed by atoms with E-state index in [1.807, 2.05) is 22.4 Å². The number of pyridine rings is 1. The molecule has 1 amide bonds. The van der Waals surface area contributed by atoms with Gasteiger partial charge in [-0.2, -0.15) is 11.8 Å². The number of rotatable bonds is 9. The maximum Gasteiger partial charge on any atom is 0.251 e. The van der Waals surface area contributed by atoms with Gasteiger partial charge in [-0.1, -0.05) is 6.07 Å². The van der Waals surface area contributed by atoms with Crippen LogP contribution in [0, 0.1) is 5.92 Å². The number of hydrogen-bond donors (Lipinski definition) is 1. The van der Waals surface area contributed by atoms with Crippen molar-refractivity contribution >= 4 is 17.7 Å². The molecular formula is C21H30N6O2S. The van der Waals surface area contributed by atoms with Crippen molar-refractivity contribution in [2.24, 2.45) is 5.92 Å². The summed E-state index contributed by atoms with van der Waals surface area (Å²) in [6, 6.07) is 5.61. The van der Waals surface area contributed by atoms with Crippen LogP contribution in [0.3, 0.4) is 0 Å². The topological polar surface area (TPSA) is 85.1 Å². The average molecular weight is 431 g/mol. The highest BCUT2D eigenvalue weighted by Gasteiger charge is 2.40. The van der Waals surface area contributed by atoms with E-state index in [4.69, 9.17) is 0 Å². The molecule has 2 aliphatic rings. The van der Waals surface area contributed by atoms with Gasteiger partial charge in [-0.3, -0.25) is 9.59 Å². The van der Waals surface area contributed by atoms with Crippen LogP contribution in [0.2, 0.25) is 0 Å². The number of amides is 1. The number of piperidine rings is 1. The third-order valence-corrected chi connectivity index (χ3v) is 6.97. The summed E-state index contributed by atoms with van der Waals surface area (Å²) < 4.78 is 3.75. The highest BCUT2D eigenvalue weighted by Crippen LogP contribution is 2.40. The zero-order valence-electron chi connectivity index (χ0n) is 17.4. The fourth-order valence-corrected chi connectivity index (χ4v) is 5.31. The molecule has 162 valence electrons. The number of aryl methyl sites for hydroxylation is 1. The Labute approximate surface area is 181 Å². The van der Waals surface area contributed by atoms with Crippen molar-refractivity contribution in [3.05, 3.63) is 46.9 Å². The van der Waals surface area contributed by atoms with Crippen LogP contribution in [0.15, 0.2) is 35.6 Å². The Kier molecular flexibility index (Phi) is 6.89. The summed E-state index contributed by atoms with van der Waals surface area (Å²) in [4.78, 5) is 27.7. The molecule has 3 atom stereocenters. The average Bonchev–Trinajstić information content (AvgIpc) is 3.26. The van der Waals surface area contributed by atoms with E-state index in [0.29, 0.717) is 31.3 Å². The Balaban J connectivity index is 1.45. The van der Waals surface area contributed by atoms with E-state index in [1.54, 1.807) is 23.3 Å². The molecular weight excluding hydrogens is 400 g/mol. The summed E-state index contributed by atoms with van der Waals surface area (Å²) in [6.45, 7) is 4.16. The highest BCUT2D eigenvalue weighted by molar-refractivity contribution is 7.98. The first-order valence-corrected chi connectivity index (χ1v) is 12.1. The van der Waals surface area contributed by atoms with Crippen LogP contribution in [-0.2, 0) is 11.3 Å². The first kappa shape index (κ1) is 21.1. The van der Waals surface area contributed by atoms with Crippen LogP contribution in [0.25, 0.3) is 0 Å². The summed E-state index contributed by atoms with van der Waals surface area (Å²) in [5.74, 6) is 1.94. The normalized spacial score (nSPS) is 23.2. The predicted octanol–water partition coefficient (Wildman–Crippen LogP) is 1.36. The minimum atomic E-state index is -0.0102. The minimum absolute atomic E-state index is 0.00663. The third-order valence-electron chi connectivity index (χ3n) is 6.27. The van der Waals surface area contributed by atoms with Crippen molar-refractivity contribution in [1.82, 2.24) is 29.5 Å². The number of nitrogens with one attached hydrogen (secondary N) is 1. The number of carbonyl (C=O) groups is 1. The van der Waals surface area contributed by atoms with Crippen molar-refractivity contribution in [1.29, 1.82) is 0 Å².